The fraction of sp³-hybridized carbons (Fsp3) is 0.545. The van der Waals surface area contributed by atoms with Crippen LogP contribution in [0.25, 0.3) is 11.3 Å². The third-order valence-electron chi connectivity index (χ3n) is 5.62. The van der Waals surface area contributed by atoms with Crippen molar-refractivity contribution in [2.75, 3.05) is 31.5 Å². The molecule has 6 heteroatoms. The smallest absolute Gasteiger partial charge is 0.149 e. The lowest BCUT2D eigenvalue weighted by molar-refractivity contribution is 0.316. The molecule has 0 atom stereocenters. The summed E-state index contributed by atoms with van der Waals surface area (Å²) < 4.78 is 0. The van der Waals surface area contributed by atoms with Crippen LogP contribution in [0.4, 0.5) is 5.82 Å². The van der Waals surface area contributed by atoms with Crippen molar-refractivity contribution < 1.29 is 0 Å². The first-order valence-electron chi connectivity index (χ1n) is 10.1. The lowest BCUT2D eigenvalue weighted by atomic mass is 9.89. The monoisotopic (exact) mass is 424 g/mol. The third-order valence-corrected chi connectivity index (χ3v) is 5.62. The van der Waals surface area contributed by atoms with E-state index in [4.69, 9.17) is 0 Å². The van der Waals surface area contributed by atoms with Gasteiger partial charge in [0.05, 0.1) is 5.69 Å². The van der Waals surface area contributed by atoms with Crippen molar-refractivity contribution in [3.8, 4) is 11.3 Å². The molecule has 1 aliphatic carbocycles. The van der Waals surface area contributed by atoms with Crippen molar-refractivity contribution in [1.29, 1.82) is 0 Å². The number of fused-ring (bicyclic) bond motifs is 3. The minimum atomic E-state index is 0. The van der Waals surface area contributed by atoms with E-state index in [0.717, 1.165) is 50.5 Å². The molecule has 0 aliphatic heterocycles. The molecular formula is C22H34Cl2N4. The highest BCUT2D eigenvalue weighted by Crippen LogP contribution is 2.32. The standard InChI is InChI=1S/C22H32N4.2ClH/c1-5-26(6-2)12-11-23-21-15-19-10-8-7-9-18-13-16(3)17(4)14-20(18)22(19)25-24-21;;/h13-15H,5-12H2,1-4H3,(H,23,24);2*1H. The van der Waals surface area contributed by atoms with Gasteiger partial charge < -0.3 is 10.2 Å². The van der Waals surface area contributed by atoms with Crippen molar-refractivity contribution >= 4 is 30.6 Å². The van der Waals surface area contributed by atoms with Gasteiger partial charge in [-0.05, 0) is 87.0 Å². The molecule has 0 unspecified atom stereocenters. The average Bonchev–Trinajstić information content (AvgIpc) is 2.64. The summed E-state index contributed by atoms with van der Waals surface area (Å²) in [4.78, 5) is 2.41. The number of rotatable bonds is 6. The normalized spacial score (nSPS) is 12.8. The van der Waals surface area contributed by atoms with Gasteiger partial charge in [0.2, 0.25) is 0 Å². The number of halogens is 2. The molecule has 3 rings (SSSR count). The van der Waals surface area contributed by atoms with Gasteiger partial charge in [-0.25, -0.2) is 0 Å². The number of likely N-dealkylation sites (N-methyl/N-ethyl adjacent to an activating group) is 1. The van der Waals surface area contributed by atoms with Crippen molar-refractivity contribution in [2.45, 2.75) is 53.4 Å². The second-order valence-electron chi connectivity index (χ2n) is 7.36. The van der Waals surface area contributed by atoms with Crippen molar-refractivity contribution in [1.82, 2.24) is 15.1 Å². The van der Waals surface area contributed by atoms with Crippen molar-refractivity contribution in [2.24, 2.45) is 0 Å². The number of anilines is 1. The molecule has 0 bridgehead atoms. The molecular weight excluding hydrogens is 391 g/mol. The van der Waals surface area contributed by atoms with Crippen LogP contribution in [0, 0.1) is 13.8 Å². The van der Waals surface area contributed by atoms with Gasteiger partial charge in [-0.1, -0.05) is 19.9 Å². The molecule has 156 valence electrons. The lowest BCUT2D eigenvalue weighted by Gasteiger charge is -2.20. The van der Waals surface area contributed by atoms with Crippen LogP contribution in [0.15, 0.2) is 18.2 Å². The van der Waals surface area contributed by atoms with Crippen LogP contribution in [0.2, 0.25) is 0 Å². The van der Waals surface area contributed by atoms with E-state index in [2.05, 4.69) is 66.3 Å². The molecule has 0 saturated carbocycles. The van der Waals surface area contributed by atoms with Gasteiger partial charge in [-0.2, -0.15) is 0 Å². The topological polar surface area (TPSA) is 41.0 Å². The first-order valence-corrected chi connectivity index (χ1v) is 10.1. The molecule has 1 N–H and O–H groups in total. The number of hydrogen-bond acceptors (Lipinski definition) is 4. The van der Waals surface area contributed by atoms with Gasteiger partial charge in [0.25, 0.3) is 0 Å². The SMILES string of the molecule is CCN(CC)CCNc1cc2c(nn1)-c1cc(C)c(C)cc1CCCC2.Cl.Cl. The van der Waals surface area contributed by atoms with Crippen LogP contribution in [0.1, 0.15) is 48.9 Å². The number of aryl methyl sites for hydroxylation is 4. The molecule has 0 radical (unpaired) electrons. The highest BCUT2D eigenvalue weighted by molar-refractivity contribution is 5.85. The zero-order chi connectivity index (χ0) is 18.5. The van der Waals surface area contributed by atoms with Gasteiger partial charge in [-0.15, -0.1) is 35.0 Å². The summed E-state index contributed by atoms with van der Waals surface area (Å²) in [7, 11) is 0. The summed E-state index contributed by atoms with van der Waals surface area (Å²) in [6, 6.07) is 6.86. The van der Waals surface area contributed by atoms with E-state index in [1.807, 2.05) is 0 Å². The second-order valence-corrected chi connectivity index (χ2v) is 7.36. The van der Waals surface area contributed by atoms with Crippen LogP contribution in [0.5, 0.6) is 0 Å². The molecule has 0 saturated heterocycles. The summed E-state index contributed by atoms with van der Waals surface area (Å²) in [6.07, 6.45) is 4.68. The highest BCUT2D eigenvalue weighted by Gasteiger charge is 2.17. The largest absolute Gasteiger partial charge is 0.367 e. The van der Waals surface area contributed by atoms with E-state index in [9.17, 15) is 0 Å². The quantitative estimate of drug-likeness (QED) is 0.688. The molecule has 2 aromatic rings. The van der Waals surface area contributed by atoms with Crippen LogP contribution < -0.4 is 5.32 Å². The Hall–Kier alpha value is -1.36. The number of nitrogens with zero attached hydrogens (tertiary/aromatic N) is 3. The maximum absolute atomic E-state index is 4.64. The molecule has 0 fully saturated rings. The zero-order valence-corrected chi connectivity index (χ0v) is 19.2. The Morgan fingerprint density at radius 3 is 2.21 bits per heavy atom. The van der Waals surface area contributed by atoms with Crippen molar-refractivity contribution in [3.63, 3.8) is 0 Å². The molecule has 0 amide bonds. The summed E-state index contributed by atoms with van der Waals surface area (Å²) in [5.41, 5.74) is 7.81. The zero-order valence-electron chi connectivity index (χ0n) is 17.5. The van der Waals surface area contributed by atoms with Crippen LogP contribution >= 0.6 is 24.8 Å². The Bertz CT molecular complexity index is 760. The predicted molar refractivity (Wildman–Crippen MR) is 124 cm³/mol. The van der Waals surface area contributed by atoms with Crippen molar-refractivity contribution in [3.05, 3.63) is 40.5 Å². The lowest BCUT2D eigenvalue weighted by Crippen LogP contribution is -2.28. The van der Waals surface area contributed by atoms with E-state index in [1.165, 1.54) is 40.7 Å². The average molecular weight is 425 g/mol. The Morgan fingerprint density at radius 1 is 0.893 bits per heavy atom. The maximum Gasteiger partial charge on any atom is 0.149 e. The summed E-state index contributed by atoms with van der Waals surface area (Å²) in [5.74, 6) is 0.905. The van der Waals surface area contributed by atoms with Crippen LogP contribution in [0.3, 0.4) is 0 Å². The van der Waals surface area contributed by atoms with Gasteiger partial charge in [0.15, 0.2) is 0 Å². The molecule has 1 aromatic heterocycles. The van der Waals surface area contributed by atoms with Gasteiger partial charge >= 0.3 is 0 Å². The number of aromatic nitrogens is 2. The second kappa shape index (κ2) is 11.6. The Labute approximate surface area is 182 Å². The van der Waals surface area contributed by atoms with E-state index in [0.29, 0.717) is 0 Å². The van der Waals surface area contributed by atoms with Crippen LogP contribution in [-0.4, -0.2) is 41.3 Å². The first kappa shape index (κ1) is 24.7. The first-order chi connectivity index (χ1) is 12.6. The van der Waals surface area contributed by atoms with E-state index < -0.39 is 0 Å². The molecule has 1 heterocycles. The molecule has 1 aromatic carbocycles. The number of benzene rings is 1. The molecule has 1 aliphatic rings. The minimum absolute atomic E-state index is 0. The highest BCUT2D eigenvalue weighted by atomic mass is 35.5. The predicted octanol–water partition coefficient (Wildman–Crippen LogP) is 5.24. The molecule has 0 spiro atoms. The molecule has 28 heavy (non-hydrogen) atoms. The van der Waals surface area contributed by atoms with E-state index in [1.54, 1.807) is 0 Å². The molecule has 4 nitrogen and oxygen atoms in total. The maximum atomic E-state index is 4.64. The van der Waals surface area contributed by atoms with E-state index in [-0.39, 0.29) is 24.8 Å². The van der Waals surface area contributed by atoms with Gasteiger partial charge in [-0.3, -0.25) is 0 Å². The Kier molecular flexibility index (Phi) is 10.2. The summed E-state index contributed by atoms with van der Waals surface area (Å²) >= 11 is 0. The fourth-order valence-corrected chi connectivity index (χ4v) is 3.75. The summed E-state index contributed by atoms with van der Waals surface area (Å²) in [5, 5.41) is 12.6. The summed E-state index contributed by atoms with van der Waals surface area (Å²) in [6.45, 7) is 12.9. The minimum Gasteiger partial charge on any atom is -0.367 e. The number of nitrogens with one attached hydrogen (secondary N) is 1. The fourth-order valence-electron chi connectivity index (χ4n) is 3.75. The van der Waals surface area contributed by atoms with Gasteiger partial charge in [0.1, 0.15) is 5.82 Å². The Morgan fingerprint density at radius 2 is 1.54 bits per heavy atom. The van der Waals surface area contributed by atoms with Crippen LogP contribution in [-0.2, 0) is 12.8 Å². The van der Waals surface area contributed by atoms with E-state index >= 15 is 0 Å². The third kappa shape index (κ3) is 5.82. The Balaban J connectivity index is 0.00000196. The van der Waals surface area contributed by atoms with Gasteiger partial charge in [0, 0.05) is 18.7 Å². The number of hydrogen-bond donors (Lipinski definition) is 1.